The van der Waals surface area contributed by atoms with Gasteiger partial charge in [0, 0.05) is 0 Å². The fraction of sp³-hybridized carbons (Fsp3) is 0.625. The van der Waals surface area contributed by atoms with E-state index in [0.29, 0.717) is 0 Å². The Morgan fingerprint density at radius 1 is 1.36 bits per heavy atom. The molecule has 0 bridgehead atoms. The van der Waals surface area contributed by atoms with Crippen molar-refractivity contribution in [3.63, 3.8) is 0 Å². The molecule has 0 aliphatic carbocycles. The molecule has 1 unspecified atom stereocenters. The van der Waals surface area contributed by atoms with Crippen molar-refractivity contribution in [3.05, 3.63) is 12.7 Å². The van der Waals surface area contributed by atoms with E-state index < -0.39 is 17.1 Å². The second-order valence-corrected chi connectivity index (χ2v) is 3.78. The normalized spacial score (nSPS) is 16.4. The number of aromatic nitrogens is 3. The summed E-state index contributed by atoms with van der Waals surface area (Å²) in [6.07, 6.45) is 2.35. The lowest BCUT2D eigenvalue weighted by atomic mass is 9.87. The van der Waals surface area contributed by atoms with Gasteiger partial charge in [-0.1, -0.05) is 0 Å². The number of rotatable bonds is 2. The summed E-state index contributed by atoms with van der Waals surface area (Å²) in [5, 5.41) is 23.0. The smallest absolute Gasteiger partial charge is 0.282 e. The average Bonchev–Trinajstić information content (AvgIpc) is 2.52. The molecule has 0 aromatic carbocycles. The van der Waals surface area contributed by atoms with Gasteiger partial charge < -0.3 is 10.2 Å². The van der Waals surface area contributed by atoms with Crippen LogP contribution in [0.3, 0.4) is 0 Å². The molecule has 6 heteroatoms. The zero-order valence-corrected chi connectivity index (χ0v) is 8.30. The first kappa shape index (κ1) is 10.8. The zero-order valence-electron chi connectivity index (χ0n) is 8.30. The molecule has 0 saturated carbocycles. The van der Waals surface area contributed by atoms with Crippen LogP contribution in [-0.4, -0.2) is 42.1 Å². The van der Waals surface area contributed by atoms with Crippen molar-refractivity contribution in [2.75, 3.05) is 0 Å². The van der Waals surface area contributed by atoms with Crippen LogP contribution in [0.5, 0.6) is 0 Å². The fourth-order valence-corrected chi connectivity index (χ4v) is 0.798. The Morgan fingerprint density at radius 2 is 1.93 bits per heavy atom. The van der Waals surface area contributed by atoms with Gasteiger partial charge in [0.25, 0.3) is 5.91 Å². The van der Waals surface area contributed by atoms with Gasteiger partial charge in [-0.25, -0.2) is 4.98 Å². The Morgan fingerprint density at radius 3 is 2.29 bits per heavy atom. The van der Waals surface area contributed by atoms with Gasteiger partial charge in [0.15, 0.2) is 5.60 Å². The first-order valence-electron chi connectivity index (χ1n) is 4.11. The van der Waals surface area contributed by atoms with Crippen molar-refractivity contribution in [1.29, 1.82) is 0 Å². The molecular weight excluding hydrogens is 186 g/mol. The molecule has 0 aliphatic heterocycles. The van der Waals surface area contributed by atoms with E-state index in [0.717, 1.165) is 4.68 Å². The number of carbonyl (C=O) groups excluding carboxylic acids is 1. The number of carbonyl (C=O) groups is 1. The molecule has 6 nitrogen and oxygen atoms in total. The Labute approximate surface area is 81.2 Å². The molecule has 1 aromatic rings. The van der Waals surface area contributed by atoms with Crippen molar-refractivity contribution in [3.8, 4) is 0 Å². The number of aliphatic hydroxyl groups is 2. The topological polar surface area (TPSA) is 88.2 Å². The highest BCUT2D eigenvalue weighted by atomic mass is 16.4. The largest absolute Gasteiger partial charge is 0.387 e. The summed E-state index contributed by atoms with van der Waals surface area (Å²) in [5.41, 5.74) is -3.45. The Hall–Kier alpha value is -1.27. The van der Waals surface area contributed by atoms with Gasteiger partial charge in [-0.2, -0.15) is 9.78 Å². The van der Waals surface area contributed by atoms with Crippen molar-refractivity contribution >= 4 is 5.91 Å². The van der Waals surface area contributed by atoms with Crippen LogP contribution < -0.4 is 0 Å². The first-order valence-corrected chi connectivity index (χ1v) is 4.11. The van der Waals surface area contributed by atoms with E-state index in [9.17, 15) is 15.0 Å². The minimum absolute atomic E-state index is 0.720. The average molecular weight is 199 g/mol. The predicted octanol–water partition coefficient (Wildman–Crippen LogP) is -0.560. The summed E-state index contributed by atoms with van der Waals surface area (Å²) >= 11 is 0. The van der Waals surface area contributed by atoms with Gasteiger partial charge in [-0.3, -0.25) is 4.79 Å². The van der Waals surface area contributed by atoms with Gasteiger partial charge in [-0.15, -0.1) is 0 Å². The molecule has 2 N–H and O–H groups in total. The monoisotopic (exact) mass is 199 g/mol. The lowest BCUT2D eigenvalue weighted by molar-refractivity contribution is -0.0973. The molecular formula is C8H13N3O3. The van der Waals surface area contributed by atoms with Crippen molar-refractivity contribution in [2.24, 2.45) is 0 Å². The summed E-state index contributed by atoms with van der Waals surface area (Å²) < 4.78 is 0.887. The second kappa shape index (κ2) is 3.14. The standard InChI is InChI=1S/C8H13N3O3/c1-7(2,13)8(3,14)6(12)11-5-9-4-10-11/h4-5,13-14H,1-3H3. The van der Waals surface area contributed by atoms with Gasteiger partial charge >= 0.3 is 0 Å². The third-order valence-electron chi connectivity index (χ3n) is 2.23. The third kappa shape index (κ3) is 1.66. The molecule has 78 valence electrons. The fourth-order valence-electron chi connectivity index (χ4n) is 0.798. The van der Waals surface area contributed by atoms with Crippen LogP contribution >= 0.6 is 0 Å². The Balaban J connectivity index is 3.01. The molecule has 14 heavy (non-hydrogen) atoms. The summed E-state index contributed by atoms with van der Waals surface area (Å²) in [6.45, 7) is 3.93. The highest BCUT2D eigenvalue weighted by Gasteiger charge is 2.45. The molecule has 1 rings (SSSR count). The predicted molar refractivity (Wildman–Crippen MR) is 47.6 cm³/mol. The summed E-state index contributed by atoms with van der Waals surface area (Å²) in [5.74, 6) is -0.720. The first-order chi connectivity index (χ1) is 6.27. The second-order valence-electron chi connectivity index (χ2n) is 3.78. The molecule has 1 heterocycles. The van der Waals surface area contributed by atoms with Crippen LogP contribution in [0.4, 0.5) is 0 Å². The van der Waals surface area contributed by atoms with E-state index in [4.69, 9.17) is 0 Å². The van der Waals surface area contributed by atoms with E-state index >= 15 is 0 Å². The van der Waals surface area contributed by atoms with Crippen molar-refractivity contribution in [1.82, 2.24) is 14.8 Å². The van der Waals surface area contributed by atoms with Crippen LogP contribution in [-0.2, 0) is 0 Å². The SMILES string of the molecule is CC(C)(O)C(C)(O)C(=O)n1cncn1. The molecule has 0 saturated heterocycles. The number of hydrogen-bond acceptors (Lipinski definition) is 5. The number of hydrogen-bond donors (Lipinski definition) is 2. The molecule has 0 amide bonds. The third-order valence-corrected chi connectivity index (χ3v) is 2.23. The van der Waals surface area contributed by atoms with E-state index in [2.05, 4.69) is 10.1 Å². The molecule has 0 fully saturated rings. The highest BCUT2D eigenvalue weighted by molar-refractivity contribution is 5.87. The minimum Gasteiger partial charge on any atom is -0.387 e. The van der Waals surface area contributed by atoms with Crippen LogP contribution in [0.25, 0.3) is 0 Å². The quantitative estimate of drug-likeness (QED) is 0.666. The Bertz CT molecular complexity index is 324. The Kier molecular flexibility index (Phi) is 2.43. The molecule has 0 radical (unpaired) electrons. The lowest BCUT2D eigenvalue weighted by Crippen LogP contribution is -2.55. The summed E-state index contributed by atoms with van der Waals surface area (Å²) in [7, 11) is 0. The van der Waals surface area contributed by atoms with E-state index in [1.165, 1.54) is 33.4 Å². The summed E-state index contributed by atoms with van der Waals surface area (Å²) in [6, 6.07) is 0. The van der Waals surface area contributed by atoms with Crippen LogP contribution in [0.1, 0.15) is 25.6 Å². The van der Waals surface area contributed by atoms with Crippen LogP contribution in [0.2, 0.25) is 0 Å². The van der Waals surface area contributed by atoms with E-state index in [1.807, 2.05) is 0 Å². The van der Waals surface area contributed by atoms with Gasteiger partial charge in [-0.05, 0) is 20.8 Å². The van der Waals surface area contributed by atoms with Crippen molar-refractivity contribution < 1.29 is 15.0 Å². The van der Waals surface area contributed by atoms with Crippen LogP contribution in [0.15, 0.2) is 12.7 Å². The van der Waals surface area contributed by atoms with Crippen LogP contribution in [0, 0.1) is 0 Å². The molecule has 0 aliphatic rings. The van der Waals surface area contributed by atoms with Crippen molar-refractivity contribution in [2.45, 2.75) is 32.0 Å². The zero-order chi connectivity index (χ0) is 11.0. The molecule has 1 aromatic heterocycles. The highest BCUT2D eigenvalue weighted by Crippen LogP contribution is 2.22. The lowest BCUT2D eigenvalue weighted by Gasteiger charge is -2.33. The van der Waals surface area contributed by atoms with E-state index in [-0.39, 0.29) is 0 Å². The maximum Gasteiger partial charge on any atom is 0.282 e. The van der Waals surface area contributed by atoms with Gasteiger partial charge in [0.05, 0.1) is 5.60 Å². The molecule has 1 atom stereocenters. The maximum atomic E-state index is 11.6. The molecule has 0 spiro atoms. The summed E-state index contributed by atoms with van der Waals surface area (Å²) in [4.78, 5) is 15.2. The maximum absolute atomic E-state index is 11.6. The number of nitrogens with zero attached hydrogens (tertiary/aromatic N) is 3. The van der Waals surface area contributed by atoms with Gasteiger partial charge in [0.1, 0.15) is 12.7 Å². The van der Waals surface area contributed by atoms with Gasteiger partial charge in [0.2, 0.25) is 0 Å². The van der Waals surface area contributed by atoms with E-state index in [1.54, 1.807) is 0 Å². The minimum atomic E-state index is -1.90.